The van der Waals surface area contributed by atoms with Gasteiger partial charge in [-0.25, -0.2) is 4.98 Å². The van der Waals surface area contributed by atoms with E-state index in [-0.39, 0.29) is 35.6 Å². The maximum Gasteiger partial charge on any atom is 0.260 e. The van der Waals surface area contributed by atoms with Crippen molar-refractivity contribution in [2.24, 2.45) is 0 Å². The zero-order valence-corrected chi connectivity index (χ0v) is 13.8. The lowest BCUT2D eigenvalue weighted by Gasteiger charge is -2.22. The lowest BCUT2D eigenvalue weighted by molar-refractivity contribution is -0.122. The predicted octanol–water partition coefficient (Wildman–Crippen LogP) is 1.68. The predicted molar refractivity (Wildman–Crippen MR) is 91.1 cm³/mol. The van der Waals surface area contributed by atoms with Crippen LogP contribution in [0.25, 0.3) is 0 Å². The van der Waals surface area contributed by atoms with Gasteiger partial charge >= 0.3 is 0 Å². The van der Waals surface area contributed by atoms with Gasteiger partial charge in [0.25, 0.3) is 5.91 Å². The minimum atomic E-state index is -0.451. The Morgan fingerprint density at radius 2 is 2.08 bits per heavy atom. The van der Waals surface area contributed by atoms with E-state index in [1.807, 2.05) is 0 Å². The van der Waals surface area contributed by atoms with Gasteiger partial charge in [0, 0.05) is 18.4 Å². The van der Waals surface area contributed by atoms with Crippen molar-refractivity contribution in [2.75, 3.05) is 5.32 Å². The molecule has 0 unspecified atom stereocenters. The van der Waals surface area contributed by atoms with Crippen molar-refractivity contribution in [2.45, 2.75) is 44.7 Å². The second-order valence-corrected chi connectivity index (χ2v) is 6.15. The first kappa shape index (κ1) is 16.9. The van der Waals surface area contributed by atoms with Gasteiger partial charge in [-0.2, -0.15) is 5.10 Å². The molecule has 2 amide bonds. The van der Waals surface area contributed by atoms with E-state index < -0.39 is 5.91 Å². The number of pyridine rings is 1. The molecule has 1 fully saturated rings. The molecular weight excluding hydrogens is 322 g/mol. The summed E-state index contributed by atoms with van der Waals surface area (Å²) < 4.78 is 1.42. The van der Waals surface area contributed by atoms with E-state index in [2.05, 4.69) is 20.7 Å². The first-order chi connectivity index (χ1) is 12.1. The molecule has 2 heterocycles. The number of nitrogens with one attached hydrogen (secondary N) is 2. The van der Waals surface area contributed by atoms with Crippen molar-refractivity contribution in [3.05, 3.63) is 36.3 Å². The first-order valence-electron chi connectivity index (χ1n) is 8.39. The SMILES string of the molecule is O=C(Cn1cc(C(=O)Nc2ncccc2O)cn1)NC1CCCCC1. The largest absolute Gasteiger partial charge is 0.504 e. The Kier molecular flexibility index (Phi) is 5.27. The van der Waals surface area contributed by atoms with E-state index in [1.165, 1.54) is 35.8 Å². The smallest absolute Gasteiger partial charge is 0.260 e. The molecule has 0 aromatic carbocycles. The Labute approximate surface area is 145 Å². The summed E-state index contributed by atoms with van der Waals surface area (Å²) in [6.07, 6.45) is 9.91. The number of amides is 2. The standard InChI is InChI=1S/C17H21N5O3/c23-14-7-4-8-18-16(14)21-17(25)12-9-19-22(10-12)11-15(24)20-13-5-2-1-3-6-13/h4,7-10,13,23H,1-3,5-6,11H2,(H,20,24)(H,18,21,25). The van der Waals surface area contributed by atoms with Crippen LogP contribution in [-0.2, 0) is 11.3 Å². The number of aromatic hydroxyl groups is 1. The molecule has 132 valence electrons. The molecule has 3 N–H and O–H groups in total. The Bertz CT molecular complexity index is 752. The maximum absolute atomic E-state index is 12.2. The average molecular weight is 343 g/mol. The lowest BCUT2D eigenvalue weighted by Crippen LogP contribution is -2.38. The van der Waals surface area contributed by atoms with Crippen LogP contribution in [0.4, 0.5) is 5.82 Å². The first-order valence-corrected chi connectivity index (χ1v) is 8.39. The summed E-state index contributed by atoms with van der Waals surface area (Å²) in [5.41, 5.74) is 0.288. The van der Waals surface area contributed by atoms with Crippen molar-refractivity contribution in [3.63, 3.8) is 0 Å². The lowest BCUT2D eigenvalue weighted by atomic mass is 9.95. The van der Waals surface area contributed by atoms with Crippen molar-refractivity contribution in [1.82, 2.24) is 20.1 Å². The van der Waals surface area contributed by atoms with Crippen molar-refractivity contribution < 1.29 is 14.7 Å². The molecule has 1 aliphatic carbocycles. The fraction of sp³-hybridized carbons (Fsp3) is 0.412. The molecule has 8 nitrogen and oxygen atoms in total. The van der Waals surface area contributed by atoms with E-state index in [4.69, 9.17) is 0 Å². The second kappa shape index (κ2) is 7.78. The molecule has 0 bridgehead atoms. The third-order valence-electron chi connectivity index (χ3n) is 4.19. The number of hydrogen-bond acceptors (Lipinski definition) is 5. The van der Waals surface area contributed by atoms with Gasteiger partial charge in [-0.15, -0.1) is 0 Å². The minimum Gasteiger partial charge on any atom is -0.504 e. The van der Waals surface area contributed by atoms with E-state index in [1.54, 1.807) is 6.07 Å². The van der Waals surface area contributed by atoms with Crippen LogP contribution in [-0.4, -0.2) is 37.7 Å². The molecular formula is C17H21N5O3. The molecule has 0 spiro atoms. The van der Waals surface area contributed by atoms with Crippen LogP contribution in [0.5, 0.6) is 5.75 Å². The van der Waals surface area contributed by atoms with Crippen molar-refractivity contribution in [1.29, 1.82) is 0 Å². The third kappa shape index (κ3) is 4.56. The highest BCUT2D eigenvalue weighted by Crippen LogP contribution is 2.19. The number of carbonyl (C=O) groups is 2. The highest BCUT2D eigenvalue weighted by molar-refractivity contribution is 6.04. The van der Waals surface area contributed by atoms with Crippen LogP contribution in [0.15, 0.2) is 30.7 Å². The van der Waals surface area contributed by atoms with Gasteiger partial charge in [0.2, 0.25) is 5.91 Å². The maximum atomic E-state index is 12.2. The van der Waals surface area contributed by atoms with Crippen LogP contribution >= 0.6 is 0 Å². The van der Waals surface area contributed by atoms with Crippen molar-refractivity contribution >= 4 is 17.6 Å². The van der Waals surface area contributed by atoms with E-state index >= 15 is 0 Å². The number of aromatic nitrogens is 3. The fourth-order valence-electron chi connectivity index (χ4n) is 2.91. The van der Waals surface area contributed by atoms with Crippen LogP contribution in [0.3, 0.4) is 0 Å². The molecule has 2 aromatic heterocycles. The zero-order valence-electron chi connectivity index (χ0n) is 13.8. The van der Waals surface area contributed by atoms with E-state index in [0.29, 0.717) is 0 Å². The zero-order chi connectivity index (χ0) is 17.6. The summed E-state index contributed by atoms with van der Waals surface area (Å²) in [5, 5.41) is 19.2. The summed E-state index contributed by atoms with van der Waals surface area (Å²) in [6.45, 7) is 0.0681. The molecule has 0 atom stereocenters. The molecule has 0 radical (unpaired) electrons. The molecule has 3 rings (SSSR count). The second-order valence-electron chi connectivity index (χ2n) is 6.15. The third-order valence-corrected chi connectivity index (χ3v) is 4.19. The summed E-state index contributed by atoms with van der Waals surface area (Å²) in [4.78, 5) is 28.1. The molecule has 1 aliphatic rings. The monoisotopic (exact) mass is 343 g/mol. The molecule has 0 saturated heterocycles. The fourth-order valence-corrected chi connectivity index (χ4v) is 2.91. The van der Waals surface area contributed by atoms with E-state index in [0.717, 1.165) is 25.7 Å². The molecule has 1 saturated carbocycles. The summed E-state index contributed by atoms with van der Waals surface area (Å²) in [5.74, 6) is -0.595. The topological polar surface area (TPSA) is 109 Å². The Morgan fingerprint density at radius 3 is 2.84 bits per heavy atom. The van der Waals surface area contributed by atoms with Gasteiger partial charge < -0.3 is 15.7 Å². The number of carbonyl (C=O) groups excluding carboxylic acids is 2. The number of rotatable bonds is 5. The number of hydrogen-bond donors (Lipinski definition) is 3. The molecule has 0 aliphatic heterocycles. The van der Waals surface area contributed by atoms with Gasteiger partial charge in [-0.1, -0.05) is 19.3 Å². The van der Waals surface area contributed by atoms with Gasteiger partial charge in [0.1, 0.15) is 6.54 Å². The molecule has 8 heteroatoms. The molecule has 2 aromatic rings. The van der Waals surface area contributed by atoms with Crippen LogP contribution in [0, 0.1) is 0 Å². The Hall–Kier alpha value is -2.90. The van der Waals surface area contributed by atoms with Gasteiger partial charge in [0.15, 0.2) is 11.6 Å². The van der Waals surface area contributed by atoms with Gasteiger partial charge in [-0.05, 0) is 25.0 Å². The van der Waals surface area contributed by atoms with Crippen LogP contribution in [0.1, 0.15) is 42.5 Å². The van der Waals surface area contributed by atoms with Gasteiger partial charge in [-0.3, -0.25) is 14.3 Å². The average Bonchev–Trinajstić information content (AvgIpc) is 3.06. The van der Waals surface area contributed by atoms with E-state index in [9.17, 15) is 14.7 Å². The Morgan fingerprint density at radius 1 is 1.28 bits per heavy atom. The van der Waals surface area contributed by atoms with Crippen LogP contribution < -0.4 is 10.6 Å². The molecule has 25 heavy (non-hydrogen) atoms. The summed E-state index contributed by atoms with van der Waals surface area (Å²) >= 11 is 0. The van der Waals surface area contributed by atoms with Crippen molar-refractivity contribution in [3.8, 4) is 5.75 Å². The minimum absolute atomic E-state index is 0.0681. The summed E-state index contributed by atoms with van der Waals surface area (Å²) in [6, 6.07) is 3.24. The Balaban J connectivity index is 1.55. The van der Waals surface area contributed by atoms with Gasteiger partial charge in [0.05, 0.1) is 11.8 Å². The highest BCUT2D eigenvalue weighted by atomic mass is 16.3. The quantitative estimate of drug-likeness (QED) is 0.765. The highest BCUT2D eigenvalue weighted by Gasteiger charge is 2.17. The normalized spacial score (nSPS) is 14.9. The number of nitrogens with zero attached hydrogens (tertiary/aromatic N) is 3. The summed E-state index contributed by atoms with van der Waals surface area (Å²) in [7, 11) is 0. The number of anilines is 1. The van der Waals surface area contributed by atoms with Crippen LogP contribution in [0.2, 0.25) is 0 Å².